The van der Waals surface area contributed by atoms with Crippen molar-refractivity contribution in [3.05, 3.63) is 18.6 Å². The molecule has 18 heavy (non-hydrogen) atoms. The second-order valence-corrected chi connectivity index (χ2v) is 4.71. The van der Waals surface area contributed by atoms with Crippen LogP contribution < -0.4 is 10.2 Å². The third-order valence-corrected chi connectivity index (χ3v) is 3.31. The van der Waals surface area contributed by atoms with Gasteiger partial charge in [0.1, 0.15) is 5.82 Å². The molecule has 0 spiro atoms. The molecule has 5 heteroatoms. The Hall–Kier alpha value is -1.20. The highest BCUT2D eigenvalue weighted by Gasteiger charge is 2.20. The van der Waals surface area contributed by atoms with E-state index < -0.39 is 0 Å². The van der Waals surface area contributed by atoms with E-state index in [-0.39, 0.29) is 0 Å². The zero-order valence-corrected chi connectivity index (χ0v) is 11.0. The largest absolute Gasteiger partial charge is 0.383 e. The Morgan fingerprint density at radius 1 is 1.50 bits per heavy atom. The summed E-state index contributed by atoms with van der Waals surface area (Å²) in [5.74, 6) is 1.69. The van der Waals surface area contributed by atoms with Crippen molar-refractivity contribution in [1.29, 1.82) is 0 Å². The van der Waals surface area contributed by atoms with Crippen molar-refractivity contribution in [3.8, 4) is 0 Å². The molecule has 0 aliphatic carbocycles. The summed E-state index contributed by atoms with van der Waals surface area (Å²) in [4.78, 5) is 10.8. The summed E-state index contributed by atoms with van der Waals surface area (Å²) >= 11 is 0. The zero-order valence-electron chi connectivity index (χ0n) is 11.0. The highest BCUT2D eigenvalue weighted by molar-refractivity contribution is 5.35. The van der Waals surface area contributed by atoms with Gasteiger partial charge in [0.2, 0.25) is 0 Å². The molecule has 1 aromatic rings. The summed E-state index contributed by atoms with van der Waals surface area (Å²) in [6.07, 6.45) is 7.84. The van der Waals surface area contributed by atoms with Crippen LogP contribution in [0.25, 0.3) is 0 Å². The van der Waals surface area contributed by atoms with Gasteiger partial charge in [0.15, 0.2) is 0 Å². The molecule has 1 N–H and O–H groups in total. The van der Waals surface area contributed by atoms with E-state index in [9.17, 15) is 0 Å². The van der Waals surface area contributed by atoms with Crippen LogP contribution >= 0.6 is 0 Å². The predicted octanol–water partition coefficient (Wildman–Crippen LogP) is 0.929. The van der Waals surface area contributed by atoms with Gasteiger partial charge in [-0.15, -0.1) is 0 Å². The molecule has 5 nitrogen and oxygen atoms in total. The first-order valence-corrected chi connectivity index (χ1v) is 6.61. The smallest absolute Gasteiger partial charge is 0.147 e. The average Bonchev–Trinajstić information content (AvgIpc) is 2.45. The molecule has 1 aliphatic heterocycles. The predicted molar refractivity (Wildman–Crippen MR) is 71.7 cm³/mol. The number of nitrogens with one attached hydrogen (secondary N) is 1. The van der Waals surface area contributed by atoms with Crippen molar-refractivity contribution in [3.63, 3.8) is 0 Å². The standard InChI is InChI=1S/C13H22N4O/c1-18-8-6-15-9-12-3-2-7-17(11-12)13-10-14-4-5-16-13/h4-5,10,12,15H,2-3,6-9,11H2,1H3. The molecule has 1 aliphatic rings. The molecule has 0 bridgehead atoms. The van der Waals surface area contributed by atoms with Gasteiger partial charge in [-0.3, -0.25) is 4.98 Å². The van der Waals surface area contributed by atoms with E-state index >= 15 is 0 Å². The van der Waals surface area contributed by atoms with Gasteiger partial charge in [-0.1, -0.05) is 0 Å². The Kier molecular flexibility index (Phi) is 5.36. The SMILES string of the molecule is COCCNCC1CCCN(c2cnccn2)C1. The summed E-state index contributed by atoms with van der Waals surface area (Å²) in [5, 5.41) is 3.44. The molecule has 0 radical (unpaired) electrons. The van der Waals surface area contributed by atoms with Crippen molar-refractivity contribution in [2.45, 2.75) is 12.8 Å². The molecule has 1 saturated heterocycles. The third kappa shape index (κ3) is 3.92. The Balaban J connectivity index is 1.78. The summed E-state index contributed by atoms with van der Waals surface area (Å²) in [6, 6.07) is 0. The van der Waals surface area contributed by atoms with Crippen LogP contribution in [0.5, 0.6) is 0 Å². The molecule has 0 saturated carbocycles. The van der Waals surface area contributed by atoms with Crippen molar-refractivity contribution >= 4 is 5.82 Å². The van der Waals surface area contributed by atoms with Crippen molar-refractivity contribution in [2.75, 3.05) is 44.8 Å². The normalized spacial score (nSPS) is 20.1. The van der Waals surface area contributed by atoms with E-state index in [4.69, 9.17) is 4.74 Å². The molecule has 2 heterocycles. The second kappa shape index (κ2) is 7.28. The number of ether oxygens (including phenoxy) is 1. The molecule has 2 rings (SSSR count). The van der Waals surface area contributed by atoms with E-state index in [0.717, 1.165) is 38.6 Å². The third-order valence-electron chi connectivity index (χ3n) is 3.31. The number of hydrogen-bond acceptors (Lipinski definition) is 5. The summed E-state index contributed by atoms with van der Waals surface area (Å²) in [5.41, 5.74) is 0. The van der Waals surface area contributed by atoms with Gasteiger partial charge in [-0.25, -0.2) is 4.98 Å². The first-order valence-electron chi connectivity index (χ1n) is 6.61. The molecule has 100 valence electrons. The molecule has 1 unspecified atom stereocenters. The lowest BCUT2D eigenvalue weighted by Crippen LogP contribution is -2.40. The van der Waals surface area contributed by atoms with Gasteiger partial charge >= 0.3 is 0 Å². The van der Waals surface area contributed by atoms with Crippen LogP contribution in [0.15, 0.2) is 18.6 Å². The maximum Gasteiger partial charge on any atom is 0.147 e. The Morgan fingerprint density at radius 2 is 2.44 bits per heavy atom. The van der Waals surface area contributed by atoms with Crippen molar-refractivity contribution in [1.82, 2.24) is 15.3 Å². The molecular weight excluding hydrogens is 228 g/mol. The minimum Gasteiger partial charge on any atom is -0.383 e. The molecule has 1 fully saturated rings. The lowest BCUT2D eigenvalue weighted by Gasteiger charge is -2.33. The minimum atomic E-state index is 0.692. The number of piperidine rings is 1. The van der Waals surface area contributed by atoms with E-state index in [1.165, 1.54) is 12.8 Å². The summed E-state index contributed by atoms with van der Waals surface area (Å²) in [6.45, 7) is 4.92. The monoisotopic (exact) mass is 250 g/mol. The van der Waals surface area contributed by atoms with Gasteiger partial charge < -0.3 is 15.0 Å². The first-order chi connectivity index (χ1) is 8.90. The van der Waals surface area contributed by atoms with E-state index in [1.54, 1.807) is 19.5 Å². The molecule has 1 atom stereocenters. The lowest BCUT2D eigenvalue weighted by molar-refractivity contribution is 0.197. The van der Waals surface area contributed by atoms with Gasteiger partial charge in [0, 0.05) is 39.1 Å². The Labute approximate surface area is 109 Å². The fourth-order valence-corrected chi connectivity index (χ4v) is 2.37. The van der Waals surface area contributed by atoms with Crippen LogP contribution in [-0.2, 0) is 4.74 Å². The van der Waals surface area contributed by atoms with Crippen LogP contribution in [-0.4, -0.2) is 49.9 Å². The lowest BCUT2D eigenvalue weighted by atomic mass is 9.98. The molecule has 1 aromatic heterocycles. The topological polar surface area (TPSA) is 50.3 Å². The highest BCUT2D eigenvalue weighted by atomic mass is 16.5. The van der Waals surface area contributed by atoms with E-state index in [0.29, 0.717) is 5.92 Å². The number of aromatic nitrogens is 2. The Morgan fingerprint density at radius 3 is 3.22 bits per heavy atom. The number of hydrogen-bond donors (Lipinski definition) is 1. The van der Waals surface area contributed by atoms with Gasteiger partial charge in [-0.05, 0) is 25.3 Å². The van der Waals surface area contributed by atoms with Crippen molar-refractivity contribution in [2.24, 2.45) is 5.92 Å². The van der Waals surface area contributed by atoms with Gasteiger partial charge in [0.05, 0.1) is 12.8 Å². The van der Waals surface area contributed by atoms with Crippen LogP contribution in [0.1, 0.15) is 12.8 Å². The van der Waals surface area contributed by atoms with Crippen LogP contribution in [0, 0.1) is 5.92 Å². The van der Waals surface area contributed by atoms with Gasteiger partial charge in [-0.2, -0.15) is 0 Å². The minimum absolute atomic E-state index is 0.692. The first kappa shape index (κ1) is 13.2. The average molecular weight is 250 g/mol. The summed E-state index contributed by atoms with van der Waals surface area (Å²) < 4.78 is 5.03. The van der Waals surface area contributed by atoms with Crippen molar-refractivity contribution < 1.29 is 4.74 Å². The van der Waals surface area contributed by atoms with Crippen LogP contribution in [0.2, 0.25) is 0 Å². The van der Waals surface area contributed by atoms with E-state index in [1.807, 2.05) is 6.20 Å². The highest BCUT2D eigenvalue weighted by Crippen LogP contribution is 2.20. The zero-order chi connectivity index (χ0) is 12.6. The molecular formula is C13H22N4O. The fraction of sp³-hybridized carbons (Fsp3) is 0.692. The van der Waals surface area contributed by atoms with E-state index in [2.05, 4.69) is 20.2 Å². The number of anilines is 1. The Bertz CT molecular complexity index is 333. The van der Waals surface area contributed by atoms with Crippen LogP contribution in [0.3, 0.4) is 0 Å². The van der Waals surface area contributed by atoms with Crippen LogP contribution in [0.4, 0.5) is 5.82 Å². The maximum atomic E-state index is 5.03. The maximum absolute atomic E-state index is 5.03. The fourth-order valence-electron chi connectivity index (χ4n) is 2.37. The molecule has 0 aromatic carbocycles. The van der Waals surface area contributed by atoms with Gasteiger partial charge in [0.25, 0.3) is 0 Å². The number of rotatable bonds is 6. The summed E-state index contributed by atoms with van der Waals surface area (Å²) in [7, 11) is 1.73. The molecule has 0 amide bonds. The number of methoxy groups -OCH3 is 1. The second-order valence-electron chi connectivity index (χ2n) is 4.71. The number of nitrogens with zero attached hydrogens (tertiary/aromatic N) is 3. The quantitative estimate of drug-likeness (QED) is 0.761.